The number of nitrogens with zero attached hydrogens (tertiary/aromatic N) is 1. The first kappa shape index (κ1) is 42.3. The van der Waals surface area contributed by atoms with E-state index in [4.69, 9.17) is 0 Å². The monoisotopic (exact) mass is 736 g/mol. The summed E-state index contributed by atoms with van der Waals surface area (Å²) in [6.45, 7) is 10.1. The summed E-state index contributed by atoms with van der Waals surface area (Å²) < 4.78 is 28.8. The van der Waals surface area contributed by atoms with Gasteiger partial charge in [0.2, 0.25) is 33.7 Å². The van der Waals surface area contributed by atoms with Gasteiger partial charge < -0.3 is 31.3 Å². The molecule has 0 spiro atoms. The van der Waals surface area contributed by atoms with Crippen LogP contribution in [0.15, 0.2) is 41.3 Å². The first-order valence-electron chi connectivity index (χ1n) is 16.5. The number of sulfonamides is 1. The molecule has 0 bridgehead atoms. The number of fused-ring (bicyclic) bond motifs is 1. The molecule has 14 nitrogen and oxygen atoms in total. The molecule has 4 atom stereocenters. The van der Waals surface area contributed by atoms with Crippen LogP contribution in [0, 0.1) is 17.8 Å². The lowest BCUT2D eigenvalue weighted by Gasteiger charge is -2.28. The zero-order valence-corrected chi connectivity index (χ0v) is 31.7. The van der Waals surface area contributed by atoms with E-state index in [0.29, 0.717) is 10.8 Å². The molecular formula is C34H52N6O8S2. The molecule has 6 N–H and O–H groups in total. The van der Waals surface area contributed by atoms with Crippen molar-refractivity contribution in [3.63, 3.8) is 0 Å². The number of nitrogens with one attached hydrogen (secondary N) is 5. The number of hydrogen-bond acceptors (Lipinski definition) is 9. The number of thiol groups is 1. The van der Waals surface area contributed by atoms with Crippen molar-refractivity contribution >= 4 is 68.7 Å². The summed E-state index contributed by atoms with van der Waals surface area (Å²) in [5.74, 6) is -4.71. The van der Waals surface area contributed by atoms with Gasteiger partial charge in [0.25, 0.3) is 0 Å². The zero-order chi connectivity index (χ0) is 37.9. The van der Waals surface area contributed by atoms with E-state index in [2.05, 4.69) is 38.6 Å². The summed E-state index contributed by atoms with van der Waals surface area (Å²) in [7, 11) is -0.451. The Bertz CT molecular complexity index is 1630. The molecule has 0 unspecified atom stereocenters. The summed E-state index contributed by atoms with van der Waals surface area (Å²) >= 11 is 4.18. The minimum absolute atomic E-state index is 0.00427. The van der Waals surface area contributed by atoms with Crippen molar-refractivity contribution in [3.8, 4) is 0 Å². The summed E-state index contributed by atoms with van der Waals surface area (Å²) in [5.41, 5.74) is 0.820. The Kier molecular flexibility index (Phi) is 16.0. The number of carboxylic acids is 1. The normalized spacial score (nSPS) is 14.2. The predicted molar refractivity (Wildman–Crippen MR) is 196 cm³/mol. The molecule has 50 heavy (non-hydrogen) atoms. The van der Waals surface area contributed by atoms with Crippen molar-refractivity contribution in [1.82, 2.24) is 26.0 Å². The predicted octanol–water partition coefficient (Wildman–Crippen LogP) is 1.89. The van der Waals surface area contributed by atoms with Crippen molar-refractivity contribution in [2.75, 3.05) is 31.3 Å². The van der Waals surface area contributed by atoms with Gasteiger partial charge in [0.15, 0.2) is 0 Å². The van der Waals surface area contributed by atoms with Crippen LogP contribution in [-0.2, 0) is 34.0 Å². The second-order valence-corrected chi connectivity index (χ2v) is 15.7. The second kappa shape index (κ2) is 18.9. The van der Waals surface area contributed by atoms with Crippen molar-refractivity contribution in [2.24, 2.45) is 17.8 Å². The maximum atomic E-state index is 13.5. The molecule has 0 heterocycles. The third kappa shape index (κ3) is 12.2. The van der Waals surface area contributed by atoms with Gasteiger partial charge in [-0.05, 0) is 42.7 Å². The lowest BCUT2D eigenvalue weighted by molar-refractivity contribution is -0.143. The molecule has 0 aliphatic carbocycles. The van der Waals surface area contributed by atoms with Gasteiger partial charge in [-0.3, -0.25) is 19.2 Å². The van der Waals surface area contributed by atoms with Gasteiger partial charge in [-0.25, -0.2) is 17.9 Å². The number of carbonyl (C=O) groups excluding carboxylic acids is 4. The molecule has 2 aromatic carbocycles. The minimum atomic E-state index is -4.14. The molecule has 0 fully saturated rings. The van der Waals surface area contributed by atoms with E-state index < -0.39 is 76.3 Å². The molecule has 278 valence electrons. The Labute approximate surface area is 300 Å². The number of benzene rings is 2. The molecule has 2 aromatic rings. The largest absolute Gasteiger partial charge is 0.480 e. The van der Waals surface area contributed by atoms with E-state index in [1.807, 2.05) is 52.8 Å². The van der Waals surface area contributed by atoms with E-state index in [0.717, 1.165) is 5.69 Å². The number of rotatable bonds is 19. The number of hydrogen-bond donors (Lipinski definition) is 7. The molecular weight excluding hydrogens is 685 g/mol. The lowest BCUT2D eigenvalue weighted by atomic mass is 9.98. The molecule has 0 aromatic heterocycles. The van der Waals surface area contributed by atoms with Crippen LogP contribution in [0.1, 0.15) is 54.4 Å². The number of amides is 4. The highest BCUT2D eigenvalue weighted by Gasteiger charge is 2.33. The van der Waals surface area contributed by atoms with Gasteiger partial charge in [-0.2, -0.15) is 12.6 Å². The molecule has 0 aliphatic rings. The maximum absolute atomic E-state index is 13.5. The number of carbonyl (C=O) groups is 5. The third-order valence-electron chi connectivity index (χ3n) is 7.80. The quantitative estimate of drug-likeness (QED) is 0.105. The summed E-state index contributed by atoms with van der Waals surface area (Å²) in [4.78, 5) is 66.3. The standard InChI is InChI=1S/C34H52N6O8S2/c1-19(2)15-24(31(42)39-30(21(5)6)33(44)38-25(34(45)46)16-20(3)4)37-32(43)26(18-49)36-29(41)17-35-50(47,48)28-14-10-11-22-23(28)12-9-13-27(22)40(7)8/h9-14,19-21,24-26,30,35,49H,15-18H2,1-8H3,(H,36,41)(H,37,43)(H,38,44)(H,39,42)(H,45,46)/t24-,25-,26-,30-/m0/s1. The summed E-state index contributed by atoms with van der Waals surface area (Å²) in [5, 5.41) is 21.0. The summed E-state index contributed by atoms with van der Waals surface area (Å²) in [6, 6.07) is 5.58. The zero-order valence-electron chi connectivity index (χ0n) is 29.9. The van der Waals surface area contributed by atoms with E-state index >= 15 is 0 Å². The fraction of sp³-hybridized carbons (Fsp3) is 0.559. The van der Waals surface area contributed by atoms with Crippen molar-refractivity contribution in [3.05, 3.63) is 36.4 Å². The van der Waals surface area contributed by atoms with Gasteiger partial charge in [0.05, 0.1) is 11.4 Å². The molecule has 16 heteroatoms. The Morgan fingerprint density at radius 3 is 1.82 bits per heavy atom. The van der Waals surface area contributed by atoms with Crippen molar-refractivity contribution < 1.29 is 37.5 Å². The fourth-order valence-electron chi connectivity index (χ4n) is 5.29. The van der Waals surface area contributed by atoms with E-state index in [1.54, 1.807) is 38.1 Å². The Hall–Kier alpha value is -3.89. The van der Waals surface area contributed by atoms with Gasteiger partial charge in [0.1, 0.15) is 24.2 Å². The average molecular weight is 737 g/mol. The highest BCUT2D eigenvalue weighted by Crippen LogP contribution is 2.30. The van der Waals surface area contributed by atoms with Gasteiger partial charge in [-0.15, -0.1) is 0 Å². The lowest BCUT2D eigenvalue weighted by Crippen LogP contribution is -2.59. The minimum Gasteiger partial charge on any atom is -0.480 e. The Morgan fingerprint density at radius 2 is 1.28 bits per heavy atom. The van der Waals surface area contributed by atoms with Crippen LogP contribution in [0.4, 0.5) is 5.69 Å². The second-order valence-electron chi connectivity index (χ2n) is 13.6. The van der Waals surface area contributed by atoms with E-state index in [-0.39, 0.29) is 35.3 Å². The molecule has 0 saturated heterocycles. The maximum Gasteiger partial charge on any atom is 0.326 e. The molecule has 0 aliphatic heterocycles. The third-order valence-corrected chi connectivity index (χ3v) is 9.62. The molecule has 4 amide bonds. The van der Waals surface area contributed by atoms with Crippen LogP contribution in [0.5, 0.6) is 0 Å². The topological polar surface area (TPSA) is 203 Å². The SMILES string of the molecule is CC(C)C[C@H](NC(=O)[C@@H](NC(=O)[C@H](CC(C)C)NC(=O)[C@H](CS)NC(=O)CNS(=O)(=O)c1cccc2c(N(C)C)cccc12)C(C)C)C(=O)O. The number of aliphatic carboxylic acids is 1. The summed E-state index contributed by atoms with van der Waals surface area (Å²) in [6.07, 6.45) is 0.383. The average Bonchev–Trinajstić information content (AvgIpc) is 3.02. The highest BCUT2D eigenvalue weighted by molar-refractivity contribution is 7.89. The molecule has 0 saturated carbocycles. The number of anilines is 1. The Morgan fingerprint density at radius 1 is 0.740 bits per heavy atom. The number of carboxylic acid groups (broad SMARTS) is 1. The Balaban J connectivity index is 2.14. The van der Waals surface area contributed by atoms with Crippen LogP contribution in [-0.4, -0.2) is 93.7 Å². The van der Waals surface area contributed by atoms with Crippen LogP contribution in [0.25, 0.3) is 10.8 Å². The highest BCUT2D eigenvalue weighted by atomic mass is 32.2. The van der Waals surface area contributed by atoms with Crippen molar-refractivity contribution in [2.45, 2.75) is 83.4 Å². The first-order valence-corrected chi connectivity index (χ1v) is 18.6. The van der Waals surface area contributed by atoms with Crippen LogP contribution in [0.3, 0.4) is 0 Å². The van der Waals surface area contributed by atoms with Crippen LogP contribution < -0.4 is 30.9 Å². The van der Waals surface area contributed by atoms with E-state index in [1.165, 1.54) is 6.07 Å². The van der Waals surface area contributed by atoms with E-state index in [9.17, 15) is 37.5 Å². The van der Waals surface area contributed by atoms with Crippen molar-refractivity contribution in [1.29, 1.82) is 0 Å². The van der Waals surface area contributed by atoms with Gasteiger partial charge in [0, 0.05) is 36.3 Å². The molecule has 2 rings (SSSR count). The van der Waals surface area contributed by atoms with Gasteiger partial charge >= 0.3 is 5.97 Å². The fourth-order valence-corrected chi connectivity index (χ4v) is 6.74. The van der Waals surface area contributed by atoms with Crippen LogP contribution in [0.2, 0.25) is 0 Å². The van der Waals surface area contributed by atoms with Crippen LogP contribution >= 0.6 is 12.6 Å². The first-order chi connectivity index (χ1) is 23.3. The smallest absolute Gasteiger partial charge is 0.326 e. The van der Waals surface area contributed by atoms with Gasteiger partial charge in [-0.1, -0.05) is 65.8 Å². The molecule has 0 radical (unpaired) electrons.